The quantitative estimate of drug-likeness (QED) is 0.339. The van der Waals surface area contributed by atoms with E-state index in [-0.39, 0.29) is 28.4 Å². The summed E-state index contributed by atoms with van der Waals surface area (Å²) < 4.78 is 26.5. The topological polar surface area (TPSA) is 74.3 Å². The Bertz CT molecular complexity index is 1580. The van der Waals surface area contributed by atoms with Crippen LogP contribution in [0.25, 0.3) is 10.8 Å². The molecule has 0 saturated carbocycles. The second kappa shape index (κ2) is 12.1. The van der Waals surface area contributed by atoms with Crippen molar-refractivity contribution >= 4 is 39.8 Å². The number of carbonyl (C=O) groups excluding carboxylic acids is 1. The number of amides is 1. The number of ether oxygens (including phenoxy) is 2. The Morgan fingerprint density at radius 3 is 2.70 bits per heavy atom. The molecule has 0 radical (unpaired) electrons. The van der Waals surface area contributed by atoms with Crippen molar-refractivity contribution in [3.8, 4) is 6.01 Å². The Labute approximate surface area is 263 Å². The average Bonchev–Trinajstić information content (AvgIpc) is 2.99. The average molecular weight is 623 g/mol. The van der Waals surface area contributed by atoms with Gasteiger partial charge < -0.3 is 29.1 Å². The van der Waals surface area contributed by atoms with E-state index in [4.69, 9.17) is 31.0 Å². The Kier molecular flexibility index (Phi) is 8.43. The predicted octanol–water partition coefficient (Wildman–Crippen LogP) is 4.55. The lowest BCUT2D eigenvalue weighted by Crippen LogP contribution is -2.58. The molecule has 6 rings (SSSR count). The van der Waals surface area contributed by atoms with Gasteiger partial charge in [0.25, 0.3) is 0 Å². The molecule has 2 fully saturated rings. The highest BCUT2D eigenvalue weighted by molar-refractivity contribution is 6.36. The molecule has 0 spiro atoms. The van der Waals surface area contributed by atoms with Crippen molar-refractivity contribution in [1.29, 1.82) is 0 Å². The molecular formula is C33H40ClFN6O3. The Balaban J connectivity index is 1.36. The van der Waals surface area contributed by atoms with Crippen LogP contribution in [0.15, 0.2) is 43.0 Å². The van der Waals surface area contributed by atoms with E-state index in [1.54, 1.807) is 6.07 Å². The summed E-state index contributed by atoms with van der Waals surface area (Å²) in [5.74, 6) is 0.351. The van der Waals surface area contributed by atoms with E-state index in [9.17, 15) is 9.18 Å². The number of hydrogen-bond acceptors (Lipinski definition) is 8. The molecule has 3 aliphatic heterocycles. The maximum Gasteiger partial charge on any atom is 0.318 e. The van der Waals surface area contributed by atoms with E-state index in [0.29, 0.717) is 63.8 Å². The van der Waals surface area contributed by atoms with Gasteiger partial charge in [0.1, 0.15) is 18.2 Å². The number of benzene rings is 2. The molecule has 4 heterocycles. The lowest BCUT2D eigenvalue weighted by atomic mass is 9.86. The van der Waals surface area contributed by atoms with Gasteiger partial charge in [-0.2, -0.15) is 9.97 Å². The summed E-state index contributed by atoms with van der Waals surface area (Å²) in [5.41, 5.74) is 2.70. The number of piperazine rings is 1. The van der Waals surface area contributed by atoms with Gasteiger partial charge >= 0.3 is 6.01 Å². The van der Waals surface area contributed by atoms with Crippen molar-refractivity contribution in [3.63, 3.8) is 0 Å². The Hall–Kier alpha value is -3.47. The molecule has 44 heavy (non-hydrogen) atoms. The van der Waals surface area contributed by atoms with Crippen LogP contribution in [0.1, 0.15) is 25.1 Å². The highest BCUT2D eigenvalue weighted by Crippen LogP contribution is 2.39. The van der Waals surface area contributed by atoms with Crippen molar-refractivity contribution in [2.75, 3.05) is 69.9 Å². The first kappa shape index (κ1) is 30.6. The smallest absolute Gasteiger partial charge is 0.318 e. The van der Waals surface area contributed by atoms with Crippen LogP contribution >= 0.6 is 11.6 Å². The van der Waals surface area contributed by atoms with Crippen LogP contribution in [0.3, 0.4) is 0 Å². The fourth-order valence-corrected chi connectivity index (χ4v) is 7.07. The van der Waals surface area contributed by atoms with Gasteiger partial charge in [0.05, 0.1) is 35.9 Å². The number of rotatable bonds is 8. The van der Waals surface area contributed by atoms with Gasteiger partial charge in [-0.15, -0.1) is 0 Å². The molecule has 2 saturated heterocycles. The summed E-state index contributed by atoms with van der Waals surface area (Å²) in [5, 5.41) is 1.71. The largest absolute Gasteiger partial charge is 0.463 e. The molecule has 0 unspecified atom stereocenters. The summed E-state index contributed by atoms with van der Waals surface area (Å²) in [4.78, 5) is 31.0. The van der Waals surface area contributed by atoms with Gasteiger partial charge in [0.2, 0.25) is 5.91 Å². The Morgan fingerprint density at radius 2 is 2.00 bits per heavy atom. The molecule has 2 aromatic carbocycles. The van der Waals surface area contributed by atoms with Crippen LogP contribution in [-0.2, 0) is 22.5 Å². The lowest BCUT2D eigenvalue weighted by Gasteiger charge is -2.45. The van der Waals surface area contributed by atoms with Gasteiger partial charge in [-0.05, 0) is 58.0 Å². The van der Waals surface area contributed by atoms with Crippen molar-refractivity contribution in [2.45, 2.75) is 38.9 Å². The fraction of sp³-hybridized carbons (Fsp3) is 0.485. The molecule has 0 aliphatic carbocycles. The molecule has 9 nitrogen and oxygen atoms in total. The number of aromatic nitrogens is 2. The zero-order chi connectivity index (χ0) is 31.2. The molecule has 0 bridgehead atoms. The first-order valence-electron chi connectivity index (χ1n) is 15.2. The van der Waals surface area contributed by atoms with Crippen LogP contribution < -0.4 is 14.5 Å². The number of carbonyl (C=O) groups is 1. The zero-order valence-corrected chi connectivity index (χ0v) is 26.6. The molecule has 1 aromatic heterocycles. The summed E-state index contributed by atoms with van der Waals surface area (Å²) in [6.45, 7) is 12.8. The van der Waals surface area contributed by atoms with Gasteiger partial charge in [-0.25, -0.2) is 4.39 Å². The van der Waals surface area contributed by atoms with Crippen molar-refractivity contribution in [3.05, 3.63) is 65.1 Å². The van der Waals surface area contributed by atoms with Gasteiger partial charge in [0, 0.05) is 54.9 Å². The molecule has 2 atom stereocenters. The van der Waals surface area contributed by atoms with Crippen LogP contribution in [0.4, 0.5) is 15.9 Å². The number of nitrogens with zero attached hydrogens (tertiary/aromatic N) is 6. The van der Waals surface area contributed by atoms with Crippen molar-refractivity contribution in [1.82, 2.24) is 19.8 Å². The molecule has 1 amide bonds. The van der Waals surface area contributed by atoms with Crippen LogP contribution in [-0.4, -0.2) is 97.9 Å². The van der Waals surface area contributed by atoms with Gasteiger partial charge in [-0.1, -0.05) is 36.4 Å². The summed E-state index contributed by atoms with van der Waals surface area (Å²) >= 11 is 6.51. The van der Waals surface area contributed by atoms with E-state index in [2.05, 4.69) is 35.1 Å². The van der Waals surface area contributed by atoms with E-state index in [1.165, 1.54) is 12.1 Å². The molecule has 0 N–H and O–H groups in total. The van der Waals surface area contributed by atoms with E-state index in [0.717, 1.165) is 34.7 Å². The minimum absolute atomic E-state index is 0.0185. The summed E-state index contributed by atoms with van der Waals surface area (Å²) in [7, 11) is 4.10. The third kappa shape index (κ3) is 5.71. The molecule has 234 valence electrons. The number of fused-ring (bicyclic) bond motifs is 2. The van der Waals surface area contributed by atoms with Gasteiger partial charge in [0.15, 0.2) is 0 Å². The van der Waals surface area contributed by atoms with Crippen LogP contribution in [0.5, 0.6) is 6.01 Å². The maximum absolute atomic E-state index is 14.6. The third-order valence-corrected chi connectivity index (χ3v) is 9.34. The number of halogens is 2. The maximum atomic E-state index is 14.6. The summed E-state index contributed by atoms with van der Waals surface area (Å²) in [6.07, 6.45) is 2.07. The van der Waals surface area contributed by atoms with Crippen molar-refractivity contribution in [2.24, 2.45) is 5.41 Å². The number of anilines is 2. The molecule has 3 aromatic rings. The SMILES string of the molecule is C=CC(=O)N1C[C@H](C)N(c2nc(OCC3(CN(C)C)COC3)nc3c2CCN(c2cccc4ccc(F)c(Cl)c24)C3)C[C@@H]1C. The normalized spacial score (nSPS) is 21.3. The monoisotopic (exact) mass is 622 g/mol. The molecule has 11 heteroatoms. The second-order valence-electron chi connectivity index (χ2n) is 12.7. The van der Waals surface area contributed by atoms with Crippen molar-refractivity contribution < 1.29 is 18.7 Å². The first-order chi connectivity index (χ1) is 21.1. The van der Waals surface area contributed by atoms with E-state index >= 15 is 0 Å². The highest BCUT2D eigenvalue weighted by atomic mass is 35.5. The minimum Gasteiger partial charge on any atom is -0.463 e. The van der Waals surface area contributed by atoms with Crippen LogP contribution in [0, 0.1) is 11.2 Å². The summed E-state index contributed by atoms with van der Waals surface area (Å²) in [6, 6.07) is 9.41. The minimum atomic E-state index is -0.437. The van der Waals surface area contributed by atoms with Crippen LogP contribution in [0.2, 0.25) is 5.02 Å². The standard InChI is InChI=1S/C33H40ClFN6O3/c1-6-28(42)40-14-22(3)41(15-21(40)2)31-24-12-13-39(27-9-7-8-23-10-11-25(35)30(34)29(23)27)16-26(24)36-32(37-31)44-20-33(17-38(4)5)18-43-19-33/h6-11,21-22H,1,12-20H2,2-5H3/t21-,22-/m0/s1. The number of hydrogen-bond donors (Lipinski definition) is 0. The fourth-order valence-electron chi connectivity index (χ4n) is 6.80. The highest BCUT2D eigenvalue weighted by Gasteiger charge is 2.41. The third-order valence-electron chi connectivity index (χ3n) is 8.97. The second-order valence-corrected chi connectivity index (χ2v) is 13.1. The lowest BCUT2D eigenvalue weighted by molar-refractivity contribution is -0.140. The Morgan fingerprint density at radius 1 is 1.20 bits per heavy atom. The molecule has 3 aliphatic rings. The van der Waals surface area contributed by atoms with Gasteiger partial charge in [-0.3, -0.25) is 4.79 Å². The molecular weight excluding hydrogens is 583 g/mol. The first-order valence-corrected chi connectivity index (χ1v) is 15.5. The van der Waals surface area contributed by atoms with E-state index in [1.807, 2.05) is 37.2 Å². The van der Waals surface area contributed by atoms with E-state index < -0.39 is 5.82 Å². The predicted molar refractivity (Wildman–Crippen MR) is 171 cm³/mol. The zero-order valence-electron chi connectivity index (χ0n) is 25.9.